The van der Waals surface area contributed by atoms with Crippen molar-refractivity contribution in [1.29, 1.82) is 0 Å². The van der Waals surface area contributed by atoms with Crippen LogP contribution in [-0.2, 0) is 38.1 Å². The van der Waals surface area contributed by atoms with Crippen LogP contribution in [0.5, 0.6) is 0 Å². The van der Waals surface area contributed by atoms with Crippen LogP contribution in [0.4, 0.5) is 0 Å². The maximum absolute atomic E-state index is 12.4. The molecule has 2 rings (SSSR count). The summed E-state index contributed by atoms with van der Waals surface area (Å²) in [5.41, 5.74) is 1.25. The molecule has 0 radical (unpaired) electrons. The zero-order chi connectivity index (χ0) is 19.8. The number of rotatable bonds is 4. The molecular formula is C18H20O8. The summed E-state index contributed by atoms with van der Waals surface area (Å²) in [6.07, 6.45) is 0. The molecule has 8 heteroatoms. The molecule has 140 valence electrons. The lowest BCUT2D eigenvalue weighted by Crippen LogP contribution is -2.27. The van der Waals surface area contributed by atoms with Gasteiger partial charge in [-0.15, -0.1) is 0 Å². The van der Waals surface area contributed by atoms with Crippen LogP contribution in [0.15, 0.2) is 33.4 Å². The maximum Gasteiger partial charge on any atom is 0.335 e. The number of methoxy groups -OCH3 is 4. The van der Waals surface area contributed by atoms with E-state index < -0.39 is 35.7 Å². The molecule has 0 saturated carbocycles. The Morgan fingerprint density at radius 1 is 0.577 bits per heavy atom. The van der Waals surface area contributed by atoms with E-state index in [0.29, 0.717) is 5.57 Å². The van der Waals surface area contributed by atoms with E-state index in [1.165, 1.54) is 28.4 Å². The molecule has 0 aromatic rings. The van der Waals surface area contributed by atoms with Gasteiger partial charge >= 0.3 is 23.9 Å². The first kappa shape index (κ1) is 19.4. The largest absolute Gasteiger partial charge is 0.466 e. The van der Waals surface area contributed by atoms with E-state index in [9.17, 15) is 19.2 Å². The molecule has 26 heavy (non-hydrogen) atoms. The van der Waals surface area contributed by atoms with Crippen LogP contribution in [0.2, 0.25) is 0 Å². The maximum atomic E-state index is 12.4. The van der Waals surface area contributed by atoms with Crippen molar-refractivity contribution in [3.63, 3.8) is 0 Å². The highest BCUT2D eigenvalue weighted by molar-refractivity contribution is 6.14. The lowest BCUT2D eigenvalue weighted by molar-refractivity contribution is -0.141. The van der Waals surface area contributed by atoms with E-state index in [0.717, 1.165) is 5.57 Å². The molecule has 8 nitrogen and oxygen atoms in total. The molecule has 0 amide bonds. The number of carbonyl (C=O) groups excluding carboxylic acids is 4. The average molecular weight is 364 g/mol. The molecule has 2 bridgehead atoms. The predicted octanol–water partition coefficient (Wildman–Crippen LogP) is 0.868. The van der Waals surface area contributed by atoms with E-state index in [-0.39, 0.29) is 22.3 Å². The van der Waals surface area contributed by atoms with E-state index in [1.54, 1.807) is 13.8 Å². The summed E-state index contributed by atoms with van der Waals surface area (Å²) in [7, 11) is 4.67. The van der Waals surface area contributed by atoms with Gasteiger partial charge in [0.05, 0.1) is 50.7 Å². The number of hydrogen-bond donors (Lipinski definition) is 0. The van der Waals surface area contributed by atoms with E-state index >= 15 is 0 Å². The summed E-state index contributed by atoms with van der Waals surface area (Å²) in [5, 5.41) is 0. The molecule has 2 aliphatic carbocycles. The summed E-state index contributed by atoms with van der Waals surface area (Å²) in [4.78, 5) is 49.6. The number of ether oxygens (including phenoxy) is 4. The SMILES string of the molecule is COC(=O)C1=C(C(=O)OC)C2C(C(=O)OC)=C(C(=O)OC)C1C2=C(C)C. The van der Waals surface area contributed by atoms with Gasteiger partial charge < -0.3 is 18.9 Å². The first-order valence-electron chi connectivity index (χ1n) is 7.75. The van der Waals surface area contributed by atoms with E-state index in [4.69, 9.17) is 18.9 Å². The van der Waals surface area contributed by atoms with Crippen LogP contribution in [-0.4, -0.2) is 52.3 Å². The standard InChI is InChI=1S/C18H20O8/c1-7(2)8-9-11(15(19)23-3)12(16(20)24-4)10(8)14(18(22)26-6)13(9)17(21)25-5/h9-10H,1-6H3. The Bertz CT molecular complexity index is 680. The summed E-state index contributed by atoms with van der Waals surface area (Å²) < 4.78 is 19.2. The van der Waals surface area contributed by atoms with Crippen molar-refractivity contribution in [3.05, 3.63) is 33.4 Å². The Hall–Kier alpha value is -2.90. The highest BCUT2D eigenvalue weighted by Crippen LogP contribution is 2.57. The molecule has 2 aliphatic rings. The van der Waals surface area contributed by atoms with Gasteiger partial charge in [-0.2, -0.15) is 0 Å². The quantitative estimate of drug-likeness (QED) is 0.411. The third-order valence-electron chi connectivity index (χ3n) is 4.56. The van der Waals surface area contributed by atoms with Gasteiger partial charge in [0.2, 0.25) is 0 Å². The second-order valence-electron chi connectivity index (χ2n) is 5.94. The van der Waals surface area contributed by atoms with Crippen molar-refractivity contribution < 1.29 is 38.1 Å². The van der Waals surface area contributed by atoms with Crippen molar-refractivity contribution in [3.8, 4) is 0 Å². The highest BCUT2D eigenvalue weighted by atomic mass is 16.5. The lowest BCUT2D eigenvalue weighted by Gasteiger charge is -2.20. The molecule has 0 aliphatic heterocycles. The van der Waals surface area contributed by atoms with Crippen molar-refractivity contribution in [2.24, 2.45) is 11.8 Å². The minimum atomic E-state index is -0.923. The Morgan fingerprint density at radius 2 is 0.808 bits per heavy atom. The van der Waals surface area contributed by atoms with Gasteiger partial charge in [-0.1, -0.05) is 5.57 Å². The van der Waals surface area contributed by atoms with Crippen LogP contribution in [0.1, 0.15) is 13.8 Å². The second kappa shape index (κ2) is 7.15. The van der Waals surface area contributed by atoms with Gasteiger partial charge in [-0.25, -0.2) is 19.2 Å². The molecule has 0 N–H and O–H groups in total. The molecular weight excluding hydrogens is 344 g/mol. The van der Waals surface area contributed by atoms with Gasteiger partial charge in [0.15, 0.2) is 0 Å². The summed E-state index contributed by atoms with van der Waals surface area (Å²) in [5.74, 6) is -4.95. The minimum absolute atomic E-state index is 0.0198. The van der Waals surface area contributed by atoms with Crippen molar-refractivity contribution in [2.75, 3.05) is 28.4 Å². The Balaban J connectivity index is 2.88. The molecule has 0 aromatic carbocycles. The molecule has 0 heterocycles. The third-order valence-corrected chi connectivity index (χ3v) is 4.56. The molecule has 0 fully saturated rings. The third kappa shape index (κ3) is 2.61. The lowest BCUT2D eigenvalue weighted by atomic mass is 9.85. The highest BCUT2D eigenvalue weighted by Gasteiger charge is 2.58. The van der Waals surface area contributed by atoms with Gasteiger partial charge in [0.1, 0.15) is 0 Å². The van der Waals surface area contributed by atoms with Crippen molar-refractivity contribution in [2.45, 2.75) is 13.8 Å². The normalized spacial score (nSPS) is 20.9. The Morgan fingerprint density at radius 3 is 0.962 bits per heavy atom. The summed E-state index contributed by atoms with van der Waals surface area (Å²) in [6, 6.07) is 0. The minimum Gasteiger partial charge on any atom is -0.466 e. The Kier molecular flexibility index (Phi) is 5.34. The average Bonchev–Trinajstić information content (AvgIpc) is 3.16. The van der Waals surface area contributed by atoms with Crippen molar-refractivity contribution >= 4 is 23.9 Å². The van der Waals surface area contributed by atoms with Gasteiger partial charge in [0, 0.05) is 11.8 Å². The molecule has 0 atom stereocenters. The number of carbonyl (C=O) groups is 4. The summed E-state index contributed by atoms with van der Waals surface area (Å²) in [6.45, 7) is 3.53. The monoisotopic (exact) mass is 364 g/mol. The number of hydrogen-bond acceptors (Lipinski definition) is 8. The fourth-order valence-corrected chi connectivity index (χ4v) is 3.63. The molecule has 0 spiro atoms. The van der Waals surface area contributed by atoms with Gasteiger partial charge in [0.25, 0.3) is 0 Å². The van der Waals surface area contributed by atoms with Gasteiger partial charge in [-0.05, 0) is 19.4 Å². The Labute approximate surface area is 150 Å². The fraction of sp³-hybridized carbons (Fsp3) is 0.444. The molecule has 0 saturated heterocycles. The zero-order valence-electron chi connectivity index (χ0n) is 15.4. The number of allylic oxidation sites excluding steroid dienone is 2. The predicted molar refractivity (Wildman–Crippen MR) is 87.5 cm³/mol. The van der Waals surface area contributed by atoms with Crippen LogP contribution in [0.25, 0.3) is 0 Å². The van der Waals surface area contributed by atoms with Gasteiger partial charge in [-0.3, -0.25) is 0 Å². The zero-order valence-corrected chi connectivity index (χ0v) is 15.4. The number of fused-ring (bicyclic) bond motifs is 2. The summed E-state index contributed by atoms with van der Waals surface area (Å²) >= 11 is 0. The van der Waals surface area contributed by atoms with E-state index in [1.807, 2.05) is 0 Å². The van der Waals surface area contributed by atoms with Crippen LogP contribution in [0, 0.1) is 11.8 Å². The molecule has 0 aromatic heterocycles. The fourth-order valence-electron chi connectivity index (χ4n) is 3.63. The van der Waals surface area contributed by atoms with Crippen LogP contribution >= 0.6 is 0 Å². The first-order chi connectivity index (χ1) is 12.3. The smallest absolute Gasteiger partial charge is 0.335 e. The molecule has 0 unspecified atom stereocenters. The van der Waals surface area contributed by atoms with Crippen LogP contribution in [0.3, 0.4) is 0 Å². The first-order valence-corrected chi connectivity index (χ1v) is 7.75. The number of esters is 4. The van der Waals surface area contributed by atoms with E-state index in [2.05, 4.69) is 0 Å². The topological polar surface area (TPSA) is 105 Å². The second-order valence-corrected chi connectivity index (χ2v) is 5.94. The van der Waals surface area contributed by atoms with Crippen LogP contribution < -0.4 is 0 Å². The van der Waals surface area contributed by atoms with Crippen molar-refractivity contribution in [1.82, 2.24) is 0 Å².